The summed E-state index contributed by atoms with van der Waals surface area (Å²) in [5.74, 6) is -0.733. The van der Waals surface area contributed by atoms with Crippen LogP contribution in [0.5, 0.6) is 5.88 Å². The summed E-state index contributed by atoms with van der Waals surface area (Å²) in [7, 11) is 3.01. The molecule has 0 aliphatic carbocycles. The summed E-state index contributed by atoms with van der Waals surface area (Å²) in [6, 6.07) is 8.50. The fourth-order valence-corrected chi connectivity index (χ4v) is 1.95. The molecule has 22 heavy (non-hydrogen) atoms. The van der Waals surface area contributed by atoms with Gasteiger partial charge in [0.1, 0.15) is 5.56 Å². The van der Waals surface area contributed by atoms with Gasteiger partial charge in [0.05, 0.1) is 6.21 Å². The number of hydrazone groups is 1. The van der Waals surface area contributed by atoms with E-state index in [1.165, 1.54) is 23.2 Å². The molecule has 1 aromatic carbocycles. The van der Waals surface area contributed by atoms with Gasteiger partial charge in [-0.3, -0.25) is 18.7 Å². The zero-order chi connectivity index (χ0) is 16.3. The van der Waals surface area contributed by atoms with E-state index in [1.54, 1.807) is 30.3 Å². The number of carbonyl (C=O) groups is 1. The molecule has 0 saturated carbocycles. The van der Waals surface area contributed by atoms with Crippen LogP contribution in [0.15, 0.2) is 40.2 Å². The highest BCUT2D eigenvalue weighted by molar-refractivity contribution is 7.71. The molecule has 0 aliphatic rings. The van der Waals surface area contributed by atoms with Gasteiger partial charge in [-0.05, 0) is 24.4 Å². The molecule has 0 spiro atoms. The number of nitrogens with zero attached hydrogens (tertiary/aromatic N) is 3. The zero-order valence-corrected chi connectivity index (χ0v) is 12.8. The number of hydrogen-bond donors (Lipinski definition) is 2. The van der Waals surface area contributed by atoms with Crippen molar-refractivity contribution in [2.45, 2.75) is 0 Å². The first-order valence-electron chi connectivity index (χ1n) is 6.31. The Bertz CT molecular complexity index is 853. The standard InChI is InChI=1S/C14H14N4O3S/c1-17-12(20)10(13(21)18(2)14(17)22)8-15-16-11(19)9-6-4-3-5-7-9/h3-8,20H,1-2H3,(H,16,19)/b15-8+. The lowest BCUT2D eigenvalue weighted by atomic mass is 10.2. The molecule has 0 radical (unpaired) electrons. The average molecular weight is 318 g/mol. The van der Waals surface area contributed by atoms with Crippen molar-refractivity contribution in [2.24, 2.45) is 19.2 Å². The maximum Gasteiger partial charge on any atom is 0.271 e. The molecule has 2 N–H and O–H groups in total. The number of aromatic nitrogens is 2. The van der Waals surface area contributed by atoms with Crippen LogP contribution in [0.1, 0.15) is 15.9 Å². The summed E-state index contributed by atoms with van der Waals surface area (Å²) in [5, 5.41) is 13.7. The van der Waals surface area contributed by atoms with Crippen molar-refractivity contribution >= 4 is 24.3 Å². The van der Waals surface area contributed by atoms with Crippen LogP contribution in [-0.2, 0) is 14.1 Å². The number of aromatic hydroxyl groups is 1. The maximum atomic E-state index is 12.0. The minimum atomic E-state index is -0.502. The van der Waals surface area contributed by atoms with Crippen molar-refractivity contribution in [3.8, 4) is 5.88 Å². The molecule has 0 fully saturated rings. The molecule has 114 valence electrons. The lowest BCUT2D eigenvalue weighted by Crippen LogP contribution is -2.26. The summed E-state index contributed by atoms with van der Waals surface area (Å²) < 4.78 is 2.65. The van der Waals surface area contributed by atoms with E-state index in [1.807, 2.05) is 0 Å². The Balaban J connectivity index is 2.27. The van der Waals surface area contributed by atoms with Crippen molar-refractivity contribution in [2.75, 3.05) is 0 Å². The molecule has 0 saturated heterocycles. The lowest BCUT2D eigenvalue weighted by molar-refractivity contribution is 0.0955. The van der Waals surface area contributed by atoms with Crippen LogP contribution < -0.4 is 11.0 Å². The van der Waals surface area contributed by atoms with Crippen molar-refractivity contribution < 1.29 is 9.90 Å². The van der Waals surface area contributed by atoms with E-state index < -0.39 is 11.5 Å². The summed E-state index contributed by atoms with van der Waals surface area (Å²) in [6.45, 7) is 0. The Morgan fingerprint density at radius 2 is 1.91 bits per heavy atom. The van der Waals surface area contributed by atoms with Gasteiger partial charge in [-0.1, -0.05) is 18.2 Å². The molecule has 1 heterocycles. The van der Waals surface area contributed by atoms with Crippen molar-refractivity contribution in [1.29, 1.82) is 0 Å². The second kappa shape index (κ2) is 6.35. The van der Waals surface area contributed by atoms with Crippen LogP contribution in [0, 0.1) is 4.77 Å². The summed E-state index contributed by atoms with van der Waals surface area (Å²) in [5.41, 5.74) is 2.16. The molecule has 7 nitrogen and oxygen atoms in total. The maximum absolute atomic E-state index is 12.0. The summed E-state index contributed by atoms with van der Waals surface area (Å²) in [6.07, 6.45) is 1.09. The van der Waals surface area contributed by atoms with Gasteiger partial charge in [0, 0.05) is 19.7 Å². The first-order valence-corrected chi connectivity index (χ1v) is 6.71. The van der Waals surface area contributed by atoms with Gasteiger partial charge in [-0.25, -0.2) is 5.43 Å². The highest BCUT2D eigenvalue weighted by Gasteiger charge is 2.11. The van der Waals surface area contributed by atoms with Crippen LogP contribution >= 0.6 is 12.2 Å². The molecule has 2 aromatic rings. The quantitative estimate of drug-likeness (QED) is 0.500. The van der Waals surface area contributed by atoms with Gasteiger partial charge >= 0.3 is 0 Å². The Morgan fingerprint density at radius 3 is 2.55 bits per heavy atom. The molecule has 8 heteroatoms. The highest BCUT2D eigenvalue weighted by Crippen LogP contribution is 2.09. The van der Waals surface area contributed by atoms with E-state index >= 15 is 0 Å². The Morgan fingerprint density at radius 1 is 1.27 bits per heavy atom. The molecule has 0 aliphatic heterocycles. The second-order valence-electron chi connectivity index (χ2n) is 4.51. The van der Waals surface area contributed by atoms with E-state index in [0.717, 1.165) is 6.21 Å². The largest absolute Gasteiger partial charge is 0.494 e. The molecule has 2 rings (SSSR count). The van der Waals surface area contributed by atoms with Crippen LogP contribution in [0.4, 0.5) is 0 Å². The van der Waals surface area contributed by atoms with Gasteiger partial charge < -0.3 is 5.11 Å². The van der Waals surface area contributed by atoms with Gasteiger partial charge in [0.25, 0.3) is 11.5 Å². The van der Waals surface area contributed by atoms with E-state index in [2.05, 4.69) is 10.5 Å². The monoisotopic (exact) mass is 318 g/mol. The number of carbonyl (C=O) groups excluding carboxylic acids is 1. The first-order chi connectivity index (χ1) is 10.4. The van der Waals surface area contributed by atoms with Crippen molar-refractivity contribution in [1.82, 2.24) is 14.6 Å². The van der Waals surface area contributed by atoms with Crippen molar-refractivity contribution in [3.63, 3.8) is 0 Å². The third kappa shape index (κ3) is 2.96. The van der Waals surface area contributed by atoms with Crippen LogP contribution in [0.2, 0.25) is 0 Å². The smallest absolute Gasteiger partial charge is 0.271 e. The highest BCUT2D eigenvalue weighted by atomic mass is 32.1. The minimum Gasteiger partial charge on any atom is -0.494 e. The SMILES string of the molecule is Cn1c(O)c(/C=N/NC(=O)c2ccccc2)c(=O)n(C)c1=S. The molecule has 0 bridgehead atoms. The van der Waals surface area contributed by atoms with Gasteiger partial charge in [0.15, 0.2) is 4.77 Å². The fraction of sp³-hybridized carbons (Fsp3) is 0.143. The first kappa shape index (κ1) is 15.6. The summed E-state index contributed by atoms with van der Waals surface area (Å²) in [4.78, 5) is 23.8. The van der Waals surface area contributed by atoms with E-state index in [0.29, 0.717) is 5.56 Å². The van der Waals surface area contributed by atoms with Crippen LogP contribution in [0.3, 0.4) is 0 Å². The van der Waals surface area contributed by atoms with Gasteiger partial charge in [0.2, 0.25) is 5.88 Å². The minimum absolute atomic E-state index is 0.0630. The third-order valence-electron chi connectivity index (χ3n) is 3.06. The Hall–Kier alpha value is -2.74. The number of rotatable bonds is 3. The predicted molar refractivity (Wildman–Crippen MR) is 84.7 cm³/mol. The summed E-state index contributed by atoms with van der Waals surface area (Å²) >= 11 is 5.00. The predicted octanol–water partition coefficient (Wildman–Crippen LogP) is 0.923. The Labute approximate surface area is 131 Å². The van der Waals surface area contributed by atoms with Gasteiger partial charge in [-0.15, -0.1) is 0 Å². The molecule has 0 atom stereocenters. The number of nitrogens with one attached hydrogen (secondary N) is 1. The molecule has 0 unspecified atom stereocenters. The normalized spacial score (nSPS) is 10.8. The molecule has 1 amide bonds. The van der Waals surface area contributed by atoms with Crippen LogP contribution in [-0.4, -0.2) is 26.4 Å². The molecular formula is C14H14N4O3S. The Kier molecular flexibility index (Phi) is 4.52. The van der Waals surface area contributed by atoms with E-state index in [-0.39, 0.29) is 16.2 Å². The number of benzene rings is 1. The molecular weight excluding hydrogens is 304 g/mol. The number of hydrogen-bond acceptors (Lipinski definition) is 5. The third-order valence-corrected chi connectivity index (χ3v) is 3.61. The lowest BCUT2D eigenvalue weighted by Gasteiger charge is -2.09. The zero-order valence-electron chi connectivity index (χ0n) is 12.0. The van der Waals surface area contributed by atoms with Gasteiger partial charge in [-0.2, -0.15) is 5.10 Å². The van der Waals surface area contributed by atoms with E-state index in [9.17, 15) is 14.7 Å². The second-order valence-corrected chi connectivity index (χ2v) is 4.87. The average Bonchev–Trinajstić information content (AvgIpc) is 2.55. The topological polar surface area (TPSA) is 88.6 Å². The number of amides is 1. The van der Waals surface area contributed by atoms with E-state index in [4.69, 9.17) is 12.2 Å². The van der Waals surface area contributed by atoms with Crippen molar-refractivity contribution in [3.05, 3.63) is 56.6 Å². The van der Waals surface area contributed by atoms with Crippen LogP contribution in [0.25, 0.3) is 0 Å². The molecule has 1 aromatic heterocycles. The fourth-order valence-electron chi connectivity index (χ4n) is 1.78.